The van der Waals surface area contributed by atoms with Gasteiger partial charge in [0.2, 0.25) is 0 Å². The van der Waals surface area contributed by atoms with Crippen molar-refractivity contribution in [3.05, 3.63) is 29.3 Å². The molecule has 154 valence electrons. The van der Waals surface area contributed by atoms with Gasteiger partial charge in [-0.1, -0.05) is 23.7 Å². The van der Waals surface area contributed by atoms with Crippen molar-refractivity contribution >= 4 is 29.1 Å². The number of nitrogens with zero attached hydrogens (tertiary/aromatic N) is 1. The van der Waals surface area contributed by atoms with E-state index in [4.69, 9.17) is 16.3 Å². The zero-order chi connectivity index (χ0) is 20.1. The van der Waals surface area contributed by atoms with Crippen LogP contribution in [0.2, 0.25) is 5.02 Å². The third-order valence-corrected chi connectivity index (χ3v) is 5.73. The highest BCUT2D eigenvalue weighted by Gasteiger charge is 2.31. The summed E-state index contributed by atoms with van der Waals surface area (Å²) in [5.41, 5.74) is 0.650. The molecule has 3 N–H and O–H groups in total. The molecule has 2 aliphatic heterocycles. The standard InChI is InChI=1S/C20H29ClN4O3/c1-15-11-25(12-16(2)28-15)20(27)14-24-9-7-23(8-10-24)13-19(26)22-18-6-4-3-5-17(18)21/h3-6,15-16H,7-14H2,1-2H3,(H,22,26)/p+2/t15-,16-/m1/s1. The van der Waals surface area contributed by atoms with E-state index in [1.165, 1.54) is 9.80 Å². The lowest BCUT2D eigenvalue weighted by Crippen LogP contribution is -3.28. The molecular formula is C20H31ClN4O3+2. The van der Waals surface area contributed by atoms with Gasteiger partial charge in [-0.3, -0.25) is 9.59 Å². The zero-order valence-electron chi connectivity index (χ0n) is 16.7. The predicted molar refractivity (Wildman–Crippen MR) is 108 cm³/mol. The SMILES string of the molecule is C[C@@H]1CN(C(=O)C[NH+]2CC[NH+](CC(=O)Nc3ccccc3Cl)CC2)C[C@@H](C)O1. The molecule has 1 aromatic rings. The lowest BCUT2D eigenvalue weighted by atomic mass is 10.2. The van der Waals surface area contributed by atoms with Crippen molar-refractivity contribution in [3.63, 3.8) is 0 Å². The van der Waals surface area contributed by atoms with Gasteiger partial charge in [-0.05, 0) is 26.0 Å². The zero-order valence-corrected chi connectivity index (χ0v) is 17.4. The van der Waals surface area contributed by atoms with Crippen LogP contribution in [0.25, 0.3) is 0 Å². The number of amides is 2. The quantitative estimate of drug-likeness (QED) is 0.565. The molecule has 2 amide bonds. The lowest BCUT2D eigenvalue weighted by molar-refractivity contribution is -1.00. The molecule has 2 heterocycles. The van der Waals surface area contributed by atoms with E-state index in [0.29, 0.717) is 36.9 Å². The van der Waals surface area contributed by atoms with E-state index >= 15 is 0 Å². The van der Waals surface area contributed by atoms with Crippen molar-refractivity contribution < 1.29 is 24.1 Å². The van der Waals surface area contributed by atoms with E-state index in [0.717, 1.165) is 26.2 Å². The Hall–Kier alpha value is -1.67. The van der Waals surface area contributed by atoms with Crippen LogP contribution in [0.1, 0.15) is 13.8 Å². The first-order chi connectivity index (χ1) is 13.4. The molecule has 0 radical (unpaired) electrons. The van der Waals surface area contributed by atoms with Crippen LogP contribution in [0.5, 0.6) is 0 Å². The number of hydrogen-bond donors (Lipinski definition) is 3. The summed E-state index contributed by atoms with van der Waals surface area (Å²) in [5, 5.41) is 3.43. The minimum Gasteiger partial charge on any atom is -0.372 e. The van der Waals surface area contributed by atoms with Crippen LogP contribution < -0.4 is 15.1 Å². The second-order valence-electron chi connectivity index (χ2n) is 7.94. The number of para-hydroxylation sites is 1. The highest BCUT2D eigenvalue weighted by Crippen LogP contribution is 2.19. The highest BCUT2D eigenvalue weighted by molar-refractivity contribution is 6.33. The number of ether oxygens (including phenoxy) is 1. The number of nitrogens with one attached hydrogen (secondary N) is 3. The van der Waals surface area contributed by atoms with Gasteiger partial charge < -0.3 is 24.8 Å². The van der Waals surface area contributed by atoms with Crippen molar-refractivity contribution in [2.75, 3.05) is 57.7 Å². The van der Waals surface area contributed by atoms with Gasteiger partial charge in [-0.15, -0.1) is 0 Å². The largest absolute Gasteiger partial charge is 0.372 e. The topological polar surface area (TPSA) is 67.5 Å². The second-order valence-corrected chi connectivity index (χ2v) is 8.34. The van der Waals surface area contributed by atoms with Gasteiger partial charge in [-0.2, -0.15) is 0 Å². The summed E-state index contributed by atoms with van der Waals surface area (Å²) >= 11 is 6.09. The van der Waals surface area contributed by atoms with Crippen molar-refractivity contribution in [1.82, 2.24) is 4.90 Å². The lowest BCUT2D eigenvalue weighted by Gasteiger charge is -2.36. The summed E-state index contributed by atoms with van der Waals surface area (Å²) in [4.78, 5) is 29.4. The molecular weight excluding hydrogens is 380 g/mol. The fourth-order valence-corrected chi connectivity index (χ4v) is 4.18. The molecule has 3 rings (SSSR count). The maximum Gasteiger partial charge on any atom is 0.279 e. The Labute approximate surface area is 171 Å². The molecule has 28 heavy (non-hydrogen) atoms. The summed E-state index contributed by atoms with van der Waals surface area (Å²) in [5.74, 6) is 0.177. The Morgan fingerprint density at radius 2 is 1.64 bits per heavy atom. The number of anilines is 1. The fourth-order valence-electron chi connectivity index (χ4n) is 4.00. The van der Waals surface area contributed by atoms with Crippen LogP contribution in [-0.4, -0.2) is 81.3 Å². The first kappa shape index (κ1) is 21.0. The number of halogens is 1. The molecule has 0 saturated carbocycles. The number of piperazine rings is 1. The van der Waals surface area contributed by atoms with Crippen molar-refractivity contribution in [2.24, 2.45) is 0 Å². The van der Waals surface area contributed by atoms with E-state index in [-0.39, 0.29) is 24.0 Å². The van der Waals surface area contributed by atoms with Gasteiger partial charge in [0, 0.05) is 13.1 Å². The predicted octanol–water partition coefficient (Wildman–Crippen LogP) is -1.30. The molecule has 2 atom stereocenters. The Kier molecular flexibility index (Phi) is 7.29. The van der Waals surface area contributed by atoms with Crippen molar-refractivity contribution in [2.45, 2.75) is 26.1 Å². The number of carbonyl (C=O) groups excluding carboxylic acids is 2. The summed E-state index contributed by atoms with van der Waals surface area (Å²) in [7, 11) is 0. The summed E-state index contributed by atoms with van der Waals surface area (Å²) in [6.45, 7) is 9.89. The number of benzene rings is 1. The number of hydrogen-bond acceptors (Lipinski definition) is 3. The summed E-state index contributed by atoms with van der Waals surface area (Å²) in [6.07, 6.45) is 0.196. The highest BCUT2D eigenvalue weighted by atomic mass is 35.5. The Morgan fingerprint density at radius 3 is 2.25 bits per heavy atom. The van der Waals surface area contributed by atoms with E-state index in [9.17, 15) is 9.59 Å². The van der Waals surface area contributed by atoms with Crippen LogP contribution in [0.4, 0.5) is 5.69 Å². The van der Waals surface area contributed by atoms with E-state index < -0.39 is 0 Å². The molecule has 0 aliphatic carbocycles. The van der Waals surface area contributed by atoms with Gasteiger partial charge >= 0.3 is 0 Å². The molecule has 2 aliphatic rings. The Morgan fingerprint density at radius 1 is 1.07 bits per heavy atom. The van der Waals surface area contributed by atoms with Gasteiger partial charge in [-0.25, -0.2) is 0 Å². The summed E-state index contributed by atoms with van der Waals surface area (Å²) < 4.78 is 5.71. The fraction of sp³-hybridized carbons (Fsp3) is 0.600. The maximum absolute atomic E-state index is 12.6. The molecule has 7 nitrogen and oxygen atoms in total. The normalized spacial score (nSPS) is 28.0. The second kappa shape index (κ2) is 9.69. The van der Waals surface area contributed by atoms with Crippen molar-refractivity contribution in [1.29, 1.82) is 0 Å². The molecule has 0 spiro atoms. The minimum absolute atomic E-state index is 0.0288. The number of rotatable bonds is 5. The average Bonchev–Trinajstić information content (AvgIpc) is 2.64. The van der Waals surface area contributed by atoms with Gasteiger partial charge in [0.15, 0.2) is 13.1 Å². The van der Waals surface area contributed by atoms with E-state index in [1.54, 1.807) is 12.1 Å². The van der Waals surface area contributed by atoms with Crippen LogP contribution >= 0.6 is 11.6 Å². The molecule has 1 aromatic carbocycles. The Bertz CT molecular complexity index is 684. The smallest absolute Gasteiger partial charge is 0.279 e. The van der Waals surface area contributed by atoms with Crippen molar-refractivity contribution in [3.8, 4) is 0 Å². The van der Waals surface area contributed by atoms with Crippen LogP contribution in [0.3, 0.4) is 0 Å². The minimum atomic E-state index is -0.0288. The molecule has 2 fully saturated rings. The Balaban J connectivity index is 1.40. The monoisotopic (exact) mass is 410 g/mol. The third kappa shape index (κ3) is 5.91. The molecule has 0 aromatic heterocycles. The van der Waals surface area contributed by atoms with Crippen LogP contribution in [0, 0.1) is 0 Å². The first-order valence-corrected chi connectivity index (χ1v) is 10.4. The number of morpholine rings is 1. The number of carbonyl (C=O) groups is 2. The molecule has 0 unspecified atom stereocenters. The molecule has 2 saturated heterocycles. The molecule has 0 bridgehead atoms. The summed E-state index contributed by atoms with van der Waals surface area (Å²) in [6, 6.07) is 7.25. The van der Waals surface area contributed by atoms with Gasteiger partial charge in [0.1, 0.15) is 26.2 Å². The third-order valence-electron chi connectivity index (χ3n) is 5.40. The van der Waals surface area contributed by atoms with E-state index in [1.807, 2.05) is 30.9 Å². The number of quaternary nitrogens is 2. The first-order valence-electron chi connectivity index (χ1n) is 10.1. The molecule has 8 heteroatoms. The maximum atomic E-state index is 12.6. The van der Waals surface area contributed by atoms with Gasteiger partial charge in [0.25, 0.3) is 11.8 Å². The van der Waals surface area contributed by atoms with Crippen LogP contribution in [-0.2, 0) is 14.3 Å². The average molecular weight is 411 g/mol. The van der Waals surface area contributed by atoms with E-state index in [2.05, 4.69) is 5.32 Å². The van der Waals surface area contributed by atoms with Gasteiger partial charge in [0.05, 0.1) is 22.9 Å². The van der Waals surface area contributed by atoms with Crippen LogP contribution in [0.15, 0.2) is 24.3 Å².